The first kappa shape index (κ1) is 12.3. The predicted octanol–water partition coefficient (Wildman–Crippen LogP) is 1.94. The van der Waals surface area contributed by atoms with E-state index in [1.165, 1.54) is 6.07 Å². The first-order valence-corrected chi connectivity index (χ1v) is 6.44. The highest BCUT2D eigenvalue weighted by Crippen LogP contribution is 2.42. The number of nitro benzene ring substituents is 1. The Hall–Kier alpha value is -1.69. The second-order valence-electron chi connectivity index (χ2n) is 5.34. The number of halogens is 1. The molecule has 5 nitrogen and oxygen atoms in total. The predicted molar refractivity (Wildman–Crippen MR) is 67.5 cm³/mol. The van der Waals surface area contributed by atoms with Crippen LogP contribution in [0.4, 0.5) is 15.8 Å². The van der Waals surface area contributed by atoms with E-state index in [4.69, 9.17) is 0 Å². The van der Waals surface area contributed by atoms with E-state index in [1.807, 2.05) is 4.90 Å². The van der Waals surface area contributed by atoms with Gasteiger partial charge < -0.3 is 10.0 Å². The van der Waals surface area contributed by atoms with Crippen molar-refractivity contribution in [1.82, 2.24) is 0 Å². The number of aliphatic hydroxyl groups excluding tert-OH is 1. The minimum absolute atomic E-state index is 0.155. The molecule has 19 heavy (non-hydrogen) atoms. The fraction of sp³-hybridized carbons (Fsp3) is 0.538. The number of para-hydroxylation sites is 1. The number of hydrogen-bond donors (Lipinski definition) is 1. The molecule has 1 aliphatic heterocycles. The summed E-state index contributed by atoms with van der Waals surface area (Å²) in [5.41, 5.74) is -0.136. The van der Waals surface area contributed by atoms with Gasteiger partial charge in [0.05, 0.1) is 11.0 Å². The van der Waals surface area contributed by atoms with Crippen molar-refractivity contribution in [1.29, 1.82) is 0 Å². The Labute approximate surface area is 109 Å². The number of hydrogen-bond acceptors (Lipinski definition) is 4. The quantitative estimate of drug-likeness (QED) is 0.656. The van der Waals surface area contributed by atoms with Crippen LogP contribution < -0.4 is 4.90 Å². The molecule has 0 amide bonds. The summed E-state index contributed by atoms with van der Waals surface area (Å²) in [6.45, 7) is 1.22. The van der Waals surface area contributed by atoms with Gasteiger partial charge in [-0.15, -0.1) is 0 Å². The van der Waals surface area contributed by atoms with Gasteiger partial charge >= 0.3 is 5.69 Å². The summed E-state index contributed by atoms with van der Waals surface area (Å²) < 4.78 is 13.6. The molecule has 102 valence electrons. The molecular formula is C13H15FN2O3. The molecule has 1 aliphatic carbocycles. The number of rotatable bonds is 2. The van der Waals surface area contributed by atoms with E-state index in [9.17, 15) is 19.6 Å². The van der Waals surface area contributed by atoms with Gasteiger partial charge in [-0.05, 0) is 30.9 Å². The molecule has 6 heteroatoms. The zero-order valence-corrected chi connectivity index (χ0v) is 10.3. The average molecular weight is 266 g/mol. The Balaban J connectivity index is 1.92. The Bertz CT molecular complexity index is 523. The highest BCUT2D eigenvalue weighted by molar-refractivity contribution is 5.64. The Morgan fingerprint density at radius 1 is 1.37 bits per heavy atom. The van der Waals surface area contributed by atoms with Crippen molar-refractivity contribution in [2.75, 3.05) is 18.0 Å². The second-order valence-corrected chi connectivity index (χ2v) is 5.34. The van der Waals surface area contributed by atoms with Crippen molar-refractivity contribution in [3.8, 4) is 0 Å². The molecule has 1 aromatic rings. The average Bonchev–Trinajstić information content (AvgIpc) is 2.91. The molecule has 1 saturated heterocycles. The van der Waals surface area contributed by atoms with Gasteiger partial charge in [0.25, 0.3) is 0 Å². The van der Waals surface area contributed by atoms with E-state index in [2.05, 4.69) is 0 Å². The van der Waals surface area contributed by atoms with Gasteiger partial charge in [0, 0.05) is 19.0 Å². The lowest BCUT2D eigenvalue weighted by Gasteiger charge is -2.20. The Morgan fingerprint density at radius 2 is 2.16 bits per heavy atom. The Morgan fingerprint density at radius 3 is 2.84 bits per heavy atom. The zero-order valence-electron chi connectivity index (χ0n) is 10.3. The molecule has 0 spiro atoms. The van der Waals surface area contributed by atoms with Crippen LogP contribution in [0.1, 0.15) is 12.8 Å². The van der Waals surface area contributed by atoms with Crippen LogP contribution in [0.2, 0.25) is 0 Å². The normalized spacial score (nSPS) is 29.6. The summed E-state index contributed by atoms with van der Waals surface area (Å²) in [4.78, 5) is 12.2. The maximum atomic E-state index is 13.6. The molecule has 0 aromatic heterocycles. The summed E-state index contributed by atoms with van der Waals surface area (Å²) in [5.74, 6) is -0.291. The molecule has 3 unspecified atom stereocenters. The molecule has 2 fully saturated rings. The minimum Gasteiger partial charge on any atom is -0.393 e. The number of aliphatic hydroxyl groups is 1. The van der Waals surface area contributed by atoms with Crippen molar-refractivity contribution in [2.24, 2.45) is 11.8 Å². The summed E-state index contributed by atoms with van der Waals surface area (Å²) in [6.07, 6.45) is 1.41. The van der Waals surface area contributed by atoms with Gasteiger partial charge in [-0.3, -0.25) is 10.1 Å². The van der Waals surface area contributed by atoms with E-state index in [-0.39, 0.29) is 12.0 Å². The van der Waals surface area contributed by atoms with E-state index in [0.717, 1.165) is 18.9 Å². The SMILES string of the molecule is O=[N+]([O-])c1c(F)cccc1N1CC2CCC(O)C2C1. The number of fused-ring (bicyclic) bond motifs is 1. The van der Waals surface area contributed by atoms with Crippen LogP contribution in [0, 0.1) is 27.8 Å². The van der Waals surface area contributed by atoms with Crippen LogP contribution in [0.25, 0.3) is 0 Å². The molecular weight excluding hydrogens is 251 g/mol. The Kier molecular flexibility index (Phi) is 2.89. The molecule has 3 rings (SSSR count). The monoisotopic (exact) mass is 266 g/mol. The molecule has 3 atom stereocenters. The van der Waals surface area contributed by atoms with Gasteiger partial charge in [-0.25, -0.2) is 0 Å². The standard InChI is InChI=1S/C13H15FN2O3/c14-10-2-1-3-11(13(10)16(18)19)15-6-8-4-5-12(17)9(8)7-15/h1-3,8-9,12,17H,4-7H2. The van der Waals surface area contributed by atoms with Crippen LogP contribution >= 0.6 is 0 Å². The first-order valence-electron chi connectivity index (χ1n) is 6.44. The van der Waals surface area contributed by atoms with Gasteiger partial charge in [-0.2, -0.15) is 4.39 Å². The van der Waals surface area contributed by atoms with Crippen LogP contribution in [-0.4, -0.2) is 29.2 Å². The molecule has 0 bridgehead atoms. The molecule has 0 radical (unpaired) electrons. The van der Waals surface area contributed by atoms with Crippen molar-refractivity contribution in [2.45, 2.75) is 18.9 Å². The first-order chi connectivity index (χ1) is 9.08. The minimum atomic E-state index is -0.805. The van der Waals surface area contributed by atoms with Crippen molar-refractivity contribution in [3.63, 3.8) is 0 Å². The zero-order chi connectivity index (χ0) is 13.6. The fourth-order valence-electron chi connectivity index (χ4n) is 3.37. The van der Waals surface area contributed by atoms with Gasteiger partial charge in [0.15, 0.2) is 0 Å². The lowest BCUT2D eigenvalue weighted by atomic mass is 10.00. The third-order valence-electron chi connectivity index (χ3n) is 4.31. The van der Waals surface area contributed by atoms with Gasteiger partial charge in [0.1, 0.15) is 5.69 Å². The van der Waals surface area contributed by atoms with Crippen LogP contribution in [0.5, 0.6) is 0 Å². The number of benzene rings is 1. The largest absolute Gasteiger partial charge is 0.393 e. The highest BCUT2D eigenvalue weighted by atomic mass is 19.1. The fourth-order valence-corrected chi connectivity index (χ4v) is 3.37. The summed E-state index contributed by atoms with van der Waals surface area (Å²) in [7, 11) is 0. The topological polar surface area (TPSA) is 66.6 Å². The number of nitrogens with zero attached hydrogens (tertiary/aromatic N) is 2. The van der Waals surface area contributed by atoms with E-state index >= 15 is 0 Å². The van der Waals surface area contributed by atoms with E-state index in [1.54, 1.807) is 6.07 Å². The third-order valence-corrected chi connectivity index (χ3v) is 4.31. The van der Waals surface area contributed by atoms with Crippen molar-refractivity contribution in [3.05, 3.63) is 34.1 Å². The second kappa shape index (κ2) is 4.45. The molecule has 1 aromatic carbocycles. The summed E-state index contributed by atoms with van der Waals surface area (Å²) in [6, 6.07) is 4.17. The summed E-state index contributed by atoms with van der Waals surface area (Å²) >= 11 is 0. The lowest BCUT2D eigenvalue weighted by molar-refractivity contribution is -0.386. The van der Waals surface area contributed by atoms with Gasteiger partial charge in [0.2, 0.25) is 5.82 Å². The summed E-state index contributed by atoms with van der Waals surface area (Å²) in [5, 5.41) is 20.9. The molecule has 1 heterocycles. The van der Waals surface area contributed by atoms with Crippen LogP contribution in [0.15, 0.2) is 18.2 Å². The smallest absolute Gasteiger partial charge is 0.327 e. The maximum Gasteiger partial charge on any atom is 0.327 e. The van der Waals surface area contributed by atoms with Crippen molar-refractivity contribution < 1.29 is 14.4 Å². The maximum absolute atomic E-state index is 13.6. The molecule has 2 aliphatic rings. The highest BCUT2D eigenvalue weighted by Gasteiger charge is 2.43. The van der Waals surface area contributed by atoms with E-state index in [0.29, 0.717) is 24.7 Å². The van der Waals surface area contributed by atoms with E-state index < -0.39 is 16.4 Å². The number of anilines is 1. The van der Waals surface area contributed by atoms with Crippen LogP contribution in [-0.2, 0) is 0 Å². The third kappa shape index (κ3) is 1.96. The molecule has 1 saturated carbocycles. The lowest BCUT2D eigenvalue weighted by Crippen LogP contribution is -2.25. The van der Waals surface area contributed by atoms with Crippen molar-refractivity contribution >= 4 is 11.4 Å². The van der Waals surface area contributed by atoms with Gasteiger partial charge in [-0.1, -0.05) is 6.07 Å². The molecule has 1 N–H and O–H groups in total. The van der Waals surface area contributed by atoms with Crippen LogP contribution in [0.3, 0.4) is 0 Å². The number of nitro groups is 1.